The highest BCUT2D eigenvalue weighted by Gasteiger charge is 2.25. The van der Waals surface area contributed by atoms with E-state index in [0.29, 0.717) is 35.4 Å². The fraction of sp³-hybridized carbons (Fsp3) is 0.462. The molecule has 1 amide bonds. The molecule has 1 aromatic heterocycles. The zero-order valence-corrected chi connectivity index (χ0v) is 23.8. The minimum absolute atomic E-state index is 0.175. The van der Waals surface area contributed by atoms with Gasteiger partial charge >= 0.3 is 0 Å². The molecule has 1 fully saturated rings. The number of carbonyl (C=O) groups is 1. The Kier molecular flexibility index (Phi) is 9.20. The van der Waals surface area contributed by atoms with Crippen LogP contribution in [0.5, 0.6) is 0 Å². The number of aryl methyl sites for hydroxylation is 1. The van der Waals surface area contributed by atoms with Crippen LogP contribution in [0, 0.1) is 6.92 Å². The quantitative estimate of drug-likeness (QED) is 0.356. The lowest BCUT2D eigenvalue weighted by Crippen LogP contribution is -2.39. The summed E-state index contributed by atoms with van der Waals surface area (Å²) in [6, 6.07) is 9.95. The number of sulfonamides is 1. The number of halogens is 1. The molecule has 4 rings (SSSR count). The van der Waals surface area contributed by atoms with Crippen LogP contribution in [-0.2, 0) is 14.8 Å². The molecule has 1 aliphatic heterocycles. The van der Waals surface area contributed by atoms with Gasteiger partial charge in [-0.2, -0.15) is 4.31 Å². The average molecular weight is 565 g/mol. The first-order valence-corrected chi connectivity index (χ1v) is 15.2. The van der Waals surface area contributed by atoms with Gasteiger partial charge in [0.15, 0.2) is 5.13 Å². The first-order chi connectivity index (χ1) is 17.8. The van der Waals surface area contributed by atoms with Crippen molar-refractivity contribution in [2.75, 3.05) is 57.4 Å². The molecular formula is C26H33ClN4O4S2. The highest BCUT2D eigenvalue weighted by Crippen LogP contribution is 2.36. The van der Waals surface area contributed by atoms with Crippen LogP contribution in [0.3, 0.4) is 0 Å². The first-order valence-electron chi connectivity index (χ1n) is 12.5. The van der Waals surface area contributed by atoms with Crippen LogP contribution < -0.4 is 4.90 Å². The van der Waals surface area contributed by atoms with Crippen LogP contribution in [0.25, 0.3) is 10.2 Å². The van der Waals surface area contributed by atoms with Crippen molar-refractivity contribution in [3.63, 3.8) is 0 Å². The predicted molar refractivity (Wildman–Crippen MR) is 149 cm³/mol. The summed E-state index contributed by atoms with van der Waals surface area (Å²) in [7, 11) is -3.60. The van der Waals surface area contributed by atoms with Crippen LogP contribution in [-0.4, -0.2) is 81.0 Å². The summed E-state index contributed by atoms with van der Waals surface area (Å²) < 4.78 is 33.5. The molecule has 0 unspecified atom stereocenters. The molecule has 0 bridgehead atoms. The maximum absolute atomic E-state index is 13.7. The minimum atomic E-state index is -3.60. The molecule has 37 heavy (non-hydrogen) atoms. The first kappa shape index (κ1) is 27.9. The standard InChI is InChI=1S/C26H33ClN4O4S2/c1-4-30(5-2)37(33,34)21-10-8-20(9-11-21)25(32)31(14-6-13-29-15-17-35-18-16-29)26-28-23-19(3)7-12-22(27)24(23)36-26/h7-12H,4-6,13-18H2,1-3H3. The maximum Gasteiger partial charge on any atom is 0.260 e. The fourth-order valence-electron chi connectivity index (χ4n) is 4.41. The van der Waals surface area contributed by atoms with E-state index in [4.69, 9.17) is 21.3 Å². The van der Waals surface area contributed by atoms with Gasteiger partial charge in [0, 0.05) is 44.8 Å². The summed E-state index contributed by atoms with van der Waals surface area (Å²) in [4.78, 5) is 22.7. The van der Waals surface area contributed by atoms with Crippen molar-refractivity contribution in [1.82, 2.24) is 14.2 Å². The van der Waals surface area contributed by atoms with Crippen molar-refractivity contribution >= 4 is 54.2 Å². The summed E-state index contributed by atoms with van der Waals surface area (Å²) in [6.07, 6.45) is 0.767. The molecule has 0 spiro atoms. The number of thiazole rings is 1. The Labute approximate surface area is 227 Å². The van der Waals surface area contributed by atoms with E-state index < -0.39 is 10.0 Å². The van der Waals surface area contributed by atoms with Gasteiger partial charge in [0.25, 0.3) is 5.91 Å². The van der Waals surface area contributed by atoms with Crippen LogP contribution >= 0.6 is 22.9 Å². The summed E-state index contributed by atoms with van der Waals surface area (Å²) in [5.74, 6) is -0.221. The Morgan fingerprint density at radius 1 is 1.11 bits per heavy atom. The Balaban J connectivity index is 1.62. The van der Waals surface area contributed by atoms with Gasteiger partial charge in [-0.1, -0.05) is 42.9 Å². The lowest BCUT2D eigenvalue weighted by Gasteiger charge is -2.27. The Bertz CT molecular complexity index is 1300. The zero-order valence-electron chi connectivity index (χ0n) is 21.4. The molecule has 0 aliphatic carbocycles. The zero-order chi connectivity index (χ0) is 26.6. The molecule has 8 nitrogen and oxygen atoms in total. The number of hydrogen-bond acceptors (Lipinski definition) is 7. The van der Waals surface area contributed by atoms with Gasteiger partial charge < -0.3 is 4.74 Å². The summed E-state index contributed by atoms with van der Waals surface area (Å²) in [6.45, 7) is 10.9. The van der Waals surface area contributed by atoms with Gasteiger partial charge in [-0.25, -0.2) is 13.4 Å². The van der Waals surface area contributed by atoms with Crippen molar-refractivity contribution in [3.05, 3.63) is 52.5 Å². The molecule has 0 N–H and O–H groups in total. The lowest BCUT2D eigenvalue weighted by molar-refractivity contribution is 0.0376. The molecule has 200 valence electrons. The van der Waals surface area contributed by atoms with Gasteiger partial charge in [0.2, 0.25) is 10.0 Å². The average Bonchev–Trinajstić information content (AvgIpc) is 3.36. The van der Waals surface area contributed by atoms with Crippen LogP contribution in [0.2, 0.25) is 5.02 Å². The van der Waals surface area contributed by atoms with Crippen molar-refractivity contribution in [1.29, 1.82) is 0 Å². The monoisotopic (exact) mass is 564 g/mol. The third-order valence-electron chi connectivity index (χ3n) is 6.57. The largest absolute Gasteiger partial charge is 0.379 e. The summed E-state index contributed by atoms with van der Waals surface area (Å²) in [5.41, 5.74) is 2.19. The number of nitrogens with zero attached hydrogens (tertiary/aromatic N) is 4. The van der Waals surface area contributed by atoms with Crippen LogP contribution in [0.15, 0.2) is 41.3 Å². The van der Waals surface area contributed by atoms with Gasteiger partial charge in [-0.15, -0.1) is 0 Å². The van der Waals surface area contributed by atoms with E-state index in [9.17, 15) is 13.2 Å². The molecule has 1 saturated heterocycles. The highest BCUT2D eigenvalue weighted by atomic mass is 35.5. The molecule has 0 radical (unpaired) electrons. The SMILES string of the molecule is CCN(CC)S(=O)(=O)c1ccc(C(=O)N(CCCN2CCOCC2)c2nc3c(C)ccc(Cl)c3s2)cc1. The molecule has 2 aromatic carbocycles. The number of benzene rings is 2. The molecule has 3 aromatic rings. The summed E-state index contributed by atoms with van der Waals surface area (Å²) in [5, 5.41) is 1.19. The number of hydrogen-bond donors (Lipinski definition) is 0. The van der Waals surface area contributed by atoms with Crippen LogP contribution in [0.1, 0.15) is 36.2 Å². The lowest BCUT2D eigenvalue weighted by atomic mass is 10.2. The second-order valence-corrected chi connectivity index (χ2v) is 12.2. The topological polar surface area (TPSA) is 83.1 Å². The molecule has 1 aliphatic rings. The maximum atomic E-state index is 13.7. The molecule has 0 saturated carbocycles. The normalized spacial score (nSPS) is 14.9. The summed E-state index contributed by atoms with van der Waals surface area (Å²) >= 11 is 7.84. The molecule has 2 heterocycles. The molecule has 11 heteroatoms. The number of anilines is 1. The van der Waals surface area contributed by atoms with Crippen LogP contribution in [0.4, 0.5) is 5.13 Å². The highest BCUT2D eigenvalue weighted by molar-refractivity contribution is 7.89. The minimum Gasteiger partial charge on any atom is -0.379 e. The number of fused-ring (bicyclic) bond motifs is 1. The molecule has 0 atom stereocenters. The molecular weight excluding hydrogens is 532 g/mol. The van der Waals surface area contributed by atoms with Gasteiger partial charge in [-0.05, 0) is 49.2 Å². The Morgan fingerprint density at radius 2 is 1.78 bits per heavy atom. The van der Waals surface area contributed by atoms with Crippen molar-refractivity contribution in [2.24, 2.45) is 0 Å². The van der Waals surface area contributed by atoms with E-state index in [1.165, 1.54) is 27.8 Å². The predicted octanol–water partition coefficient (Wildman–Crippen LogP) is 4.66. The van der Waals surface area contributed by atoms with E-state index in [2.05, 4.69) is 4.90 Å². The van der Waals surface area contributed by atoms with E-state index in [1.54, 1.807) is 30.9 Å². The van der Waals surface area contributed by atoms with Gasteiger partial charge in [-0.3, -0.25) is 14.6 Å². The van der Waals surface area contributed by atoms with Gasteiger partial charge in [0.05, 0.1) is 33.3 Å². The smallest absolute Gasteiger partial charge is 0.260 e. The third-order valence-corrected chi connectivity index (χ3v) is 10.2. The number of aromatic nitrogens is 1. The van der Waals surface area contributed by atoms with E-state index in [0.717, 1.165) is 55.0 Å². The van der Waals surface area contributed by atoms with Crippen molar-refractivity contribution < 1.29 is 17.9 Å². The second-order valence-electron chi connectivity index (χ2n) is 8.92. The number of rotatable bonds is 10. The number of morpholine rings is 1. The Hall–Kier alpha value is -2.08. The second kappa shape index (κ2) is 12.2. The number of carbonyl (C=O) groups excluding carboxylic acids is 1. The fourth-order valence-corrected chi connectivity index (χ4v) is 7.20. The van der Waals surface area contributed by atoms with E-state index in [1.807, 2.05) is 19.1 Å². The Morgan fingerprint density at radius 3 is 2.41 bits per heavy atom. The van der Waals surface area contributed by atoms with Crippen molar-refractivity contribution in [3.8, 4) is 0 Å². The van der Waals surface area contributed by atoms with E-state index in [-0.39, 0.29) is 10.8 Å². The van der Waals surface area contributed by atoms with E-state index >= 15 is 0 Å². The van der Waals surface area contributed by atoms with Crippen molar-refractivity contribution in [2.45, 2.75) is 32.1 Å². The van der Waals surface area contributed by atoms with Gasteiger partial charge in [0.1, 0.15) is 0 Å². The number of ether oxygens (including phenoxy) is 1. The third kappa shape index (κ3) is 6.16. The number of amides is 1.